The fraction of sp³-hybridized carbons (Fsp3) is 0.217. The summed E-state index contributed by atoms with van der Waals surface area (Å²) >= 11 is 3.57. The molecule has 7 heteroatoms. The van der Waals surface area contributed by atoms with E-state index in [2.05, 4.69) is 21.2 Å². The molecule has 1 N–H and O–H groups in total. The lowest BCUT2D eigenvalue weighted by molar-refractivity contribution is 0.171. The predicted molar refractivity (Wildman–Crippen MR) is 116 cm³/mol. The average molecular weight is 474 g/mol. The van der Waals surface area contributed by atoms with Gasteiger partial charge in [0.1, 0.15) is 25.6 Å². The highest BCUT2D eigenvalue weighted by Crippen LogP contribution is 2.38. The first-order valence-electron chi connectivity index (χ1n) is 9.49. The molecule has 0 unspecified atom stereocenters. The van der Waals surface area contributed by atoms with Crippen molar-refractivity contribution >= 4 is 21.6 Å². The highest BCUT2D eigenvalue weighted by Gasteiger charge is 2.14. The van der Waals surface area contributed by atoms with Crippen LogP contribution in [0, 0.1) is 5.82 Å². The molecule has 30 heavy (non-hydrogen) atoms. The number of hydrogen-bond acceptors (Lipinski definition) is 5. The van der Waals surface area contributed by atoms with Crippen LogP contribution in [0.4, 0.5) is 10.1 Å². The number of hydrogen-bond donors (Lipinski definition) is 1. The molecule has 3 aromatic rings. The molecule has 0 radical (unpaired) electrons. The largest absolute Gasteiger partial charge is 0.493 e. The first-order chi connectivity index (χ1) is 14.6. The molecule has 1 heterocycles. The van der Waals surface area contributed by atoms with Gasteiger partial charge in [0.15, 0.2) is 23.0 Å². The number of rotatable bonds is 7. The molecule has 0 bridgehead atoms. The number of nitrogens with one attached hydrogen (secondary N) is 1. The average Bonchev–Trinajstić information content (AvgIpc) is 2.77. The Morgan fingerprint density at radius 2 is 1.73 bits per heavy atom. The van der Waals surface area contributed by atoms with Gasteiger partial charge >= 0.3 is 0 Å². The van der Waals surface area contributed by atoms with Crippen LogP contribution in [0.15, 0.2) is 59.1 Å². The highest BCUT2D eigenvalue weighted by molar-refractivity contribution is 9.10. The molecule has 0 aromatic heterocycles. The van der Waals surface area contributed by atoms with E-state index in [1.807, 2.05) is 30.3 Å². The third kappa shape index (κ3) is 4.79. The molecule has 0 amide bonds. The molecule has 0 saturated heterocycles. The van der Waals surface area contributed by atoms with Crippen molar-refractivity contribution < 1.29 is 23.3 Å². The lowest BCUT2D eigenvalue weighted by Crippen LogP contribution is -2.15. The first kappa shape index (κ1) is 20.3. The number of fused-ring (bicyclic) bond motifs is 1. The Balaban J connectivity index is 1.44. The summed E-state index contributed by atoms with van der Waals surface area (Å²) < 4.78 is 36.5. The van der Waals surface area contributed by atoms with Crippen LogP contribution < -0.4 is 24.3 Å². The van der Waals surface area contributed by atoms with E-state index in [0.29, 0.717) is 37.9 Å². The van der Waals surface area contributed by atoms with E-state index in [1.165, 1.54) is 12.1 Å². The molecule has 0 atom stereocenters. The van der Waals surface area contributed by atoms with Crippen LogP contribution in [0.25, 0.3) is 0 Å². The van der Waals surface area contributed by atoms with Gasteiger partial charge in [-0.1, -0.05) is 12.1 Å². The summed E-state index contributed by atoms with van der Waals surface area (Å²) in [4.78, 5) is 0. The van der Waals surface area contributed by atoms with Crippen molar-refractivity contribution in [3.05, 3.63) is 76.0 Å². The quantitative estimate of drug-likeness (QED) is 0.486. The van der Waals surface area contributed by atoms with Gasteiger partial charge in [0, 0.05) is 18.3 Å². The van der Waals surface area contributed by atoms with Crippen molar-refractivity contribution in [2.24, 2.45) is 0 Å². The SMILES string of the molecule is COc1cc(CNc2ccc3c(c2)OCCO3)cc(Br)c1OCc1ccc(F)cc1. The third-order valence-electron chi connectivity index (χ3n) is 4.62. The molecular weight excluding hydrogens is 453 g/mol. The second kappa shape index (κ2) is 9.26. The normalized spacial score (nSPS) is 12.4. The lowest BCUT2D eigenvalue weighted by atomic mass is 10.2. The number of halogens is 2. The van der Waals surface area contributed by atoms with Crippen LogP contribution >= 0.6 is 15.9 Å². The van der Waals surface area contributed by atoms with Crippen molar-refractivity contribution in [1.82, 2.24) is 0 Å². The van der Waals surface area contributed by atoms with Gasteiger partial charge in [0.2, 0.25) is 0 Å². The van der Waals surface area contributed by atoms with Gasteiger partial charge in [-0.05, 0) is 63.5 Å². The topological polar surface area (TPSA) is 49.0 Å². The van der Waals surface area contributed by atoms with Gasteiger partial charge in [-0.3, -0.25) is 0 Å². The third-order valence-corrected chi connectivity index (χ3v) is 5.21. The van der Waals surface area contributed by atoms with E-state index >= 15 is 0 Å². The van der Waals surface area contributed by atoms with Gasteiger partial charge in [-0.25, -0.2) is 4.39 Å². The van der Waals surface area contributed by atoms with Crippen molar-refractivity contribution in [2.75, 3.05) is 25.6 Å². The zero-order chi connectivity index (χ0) is 20.9. The van der Waals surface area contributed by atoms with Crippen molar-refractivity contribution in [1.29, 1.82) is 0 Å². The van der Waals surface area contributed by atoms with E-state index in [9.17, 15) is 4.39 Å². The number of anilines is 1. The summed E-state index contributed by atoms with van der Waals surface area (Å²) in [5, 5.41) is 3.38. The summed E-state index contributed by atoms with van der Waals surface area (Å²) in [6.45, 7) is 2.03. The standard InChI is InChI=1S/C23H21BrFNO4/c1-27-22-11-16(13-26-18-6-7-20-21(12-18)29-9-8-28-20)10-19(24)23(22)30-14-15-2-4-17(25)5-3-15/h2-7,10-12,26H,8-9,13-14H2,1H3. The van der Waals surface area contributed by atoms with Crippen molar-refractivity contribution in [3.63, 3.8) is 0 Å². The fourth-order valence-electron chi connectivity index (χ4n) is 3.11. The van der Waals surface area contributed by atoms with E-state index in [1.54, 1.807) is 19.2 Å². The Kier molecular flexibility index (Phi) is 6.28. The summed E-state index contributed by atoms with van der Waals surface area (Å²) in [5.74, 6) is 2.45. The van der Waals surface area contributed by atoms with Crippen molar-refractivity contribution in [2.45, 2.75) is 13.2 Å². The maximum atomic E-state index is 13.1. The zero-order valence-corrected chi connectivity index (χ0v) is 18.0. The van der Waals surface area contributed by atoms with E-state index in [-0.39, 0.29) is 5.82 Å². The molecule has 5 nitrogen and oxygen atoms in total. The van der Waals surface area contributed by atoms with Gasteiger partial charge in [0.05, 0.1) is 11.6 Å². The summed E-state index contributed by atoms with van der Waals surface area (Å²) in [6, 6.07) is 15.9. The molecule has 3 aromatic carbocycles. The molecule has 4 rings (SSSR count). The number of ether oxygens (including phenoxy) is 4. The summed E-state index contributed by atoms with van der Waals surface area (Å²) in [6.07, 6.45) is 0. The molecule has 0 aliphatic carbocycles. The Bertz CT molecular complexity index is 1030. The minimum Gasteiger partial charge on any atom is -0.493 e. The van der Waals surface area contributed by atoms with Crippen molar-refractivity contribution in [3.8, 4) is 23.0 Å². The van der Waals surface area contributed by atoms with E-state index < -0.39 is 0 Å². The van der Waals surface area contributed by atoms with Crippen LogP contribution in [0.5, 0.6) is 23.0 Å². The lowest BCUT2D eigenvalue weighted by Gasteiger charge is -2.19. The minimum absolute atomic E-state index is 0.271. The molecule has 0 fully saturated rings. The van der Waals surface area contributed by atoms with E-state index in [4.69, 9.17) is 18.9 Å². The zero-order valence-electron chi connectivity index (χ0n) is 16.4. The van der Waals surface area contributed by atoms with Crippen LogP contribution in [-0.2, 0) is 13.2 Å². The van der Waals surface area contributed by atoms with E-state index in [0.717, 1.165) is 32.8 Å². The molecular formula is C23H21BrFNO4. The fourth-order valence-corrected chi connectivity index (χ4v) is 3.71. The van der Waals surface area contributed by atoms with Gasteiger partial charge in [0.25, 0.3) is 0 Å². The van der Waals surface area contributed by atoms with Gasteiger partial charge < -0.3 is 24.3 Å². The monoisotopic (exact) mass is 473 g/mol. The Morgan fingerprint density at radius 1 is 0.967 bits per heavy atom. The van der Waals surface area contributed by atoms with Gasteiger partial charge in [-0.2, -0.15) is 0 Å². The first-order valence-corrected chi connectivity index (χ1v) is 10.3. The summed E-state index contributed by atoms with van der Waals surface area (Å²) in [5.41, 5.74) is 2.82. The second-order valence-electron chi connectivity index (χ2n) is 6.74. The van der Waals surface area contributed by atoms with Crippen LogP contribution in [0.3, 0.4) is 0 Å². The second-order valence-corrected chi connectivity index (χ2v) is 7.59. The maximum absolute atomic E-state index is 13.1. The molecule has 0 spiro atoms. The Labute approximate surface area is 182 Å². The molecule has 156 valence electrons. The predicted octanol–water partition coefficient (Wildman–Crippen LogP) is 5.56. The Hall–Kier alpha value is -2.93. The minimum atomic E-state index is -0.271. The number of benzene rings is 3. The van der Waals surface area contributed by atoms with Crippen LogP contribution in [-0.4, -0.2) is 20.3 Å². The van der Waals surface area contributed by atoms with Crippen LogP contribution in [0.2, 0.25) is 0 Å². The maximum Gasteiger partial charge on any atom is 0.175 e. The Morgan fingerprint density at radius 3 is 2.50 bits per heavy atom. The molecule has 1 aliphatic heterocycles. The summed E-state index contributed by atoms with van der Waals surface area (Å²) in [7, 11) is 1.60. The highest BCUT2D eigenvalue weighted by atomic mass is 79.9. The molecule has 1 aliphatic rings. The van der Waals surface area contributed by atoms with Gasteiger partial charge in [-0.15, -0.1) is 0 Å². The van der Waals surface area contributed by atoms with Crippen LogP contribution in [0.1, 0.15) is 11.1 Å². The smallest absolute Gasteiger partial charge is 0.175 e. The number of methoxy groups -OCH3 is 1. The molecule has 0 saturated carbocycles.